The Bertz CT molecular complexity index is 855. The molecule has 2 aliphatic rings. The molecule has 3 rings (SSSR count). The Balaban J connectivity index is 2.08. The maximum atomic E-state index is 13.4. The molecular formula is C23H30N2O6. The number of nitrogens with two attached hydrogens (primary N) is 1. The molecule has 1 aliphatic heterocycles. The first-order valence-corrected chi connectivity index (χ1v) is 10.8. The fourth-order valence-corrected chi connectivity index (χ4v) is 5.39. The molecule has 1 heterocycles. The minimum Gasteiger partial charge on any atom is -0.480 e. The van der Waals surface area contributed by atoms with Crippen LogP contribution in [0.3, 0.4) is 0 Å². The molecule has 0 spiro atoms. The van der Waals surface area contributed by atoms with E-state index in [0.29, 0.717) is 18.4 Å². The monoisotopic (exact) mass is 430 g/mol. The van der Waals surface area contributed by atoms with Crippen LogP contribution < -0.4 is 5.73 Å². The summed E-state index contributed by atoms with van der Waals surface area (Å²) in [6.45, 7) is 3.30. The molecule has 3 N–H and O–H groups in total. The number of carboxylic acids is 1. The maximum Gasteiger partial charge on any atom is 0.323 e. The molecule has 1 saturated carbocycles. The van der Waals surface area contributed by atoms with Gasteiger partial charge in [0.2, 0.25) is 0 Å². The molecule has 168 valence electrons. The van der Waals surface area contributed by atoms with Crippen molar-refractivity contribution in [2.45, 2.75) is 69.6 Å². The first-order valence-electron chi connectivity index (χ1n) is 10.8. The molecule has 8 nitrogen and oxygen atoms in total. The smallest absolute Gasteiger partial charge is 0.323 e. The van der Waals surface area contributed by atoms with Crippen LogP contribution in [0, 0.1) is 5.92 Å². The third kappa shape index (κ3) is 4.14. The Labute approximate surface area is 181 Å². The van der Waals surface area contributed by atoms with Crippen molar-refractivity contribution in [2.24, 2.45) is 11.7 Å². The van der Waals surface area contributed by atoms with E-state index < -0.39 is 35.6 Å². The Morgan fingerprint density at radius 3 is 2.52 bits per heavy atom. The number of aliphatic carboxylic acids is 1. The summed E-state index contributed by atoms with van der Waals surface area (Å²) in [6.07, 6.45) is 1.79. The molecule has 0 radical (unpaired) electrons. The van der Waals surface area contributed by atoms with Gasteiger partial charge in [-0.05, 0) is 39.0 Å². The Morgan fingerprint density at radius 1 is 1.26 bits per heavy atom. The van der Waals surface area contributed by atoms with Gasteiger partial charge in [0.25, 0.3) is 0 Å². The van der Waals surface area contributed by atoms with E-state index in [9.17, 15) is 24.3 Å². The van der Waals surface area contributed by atoms with E-state index in [1.165, 1.54) is 4.90 Å². The van der Waals surface area contributed by atoms with Crippen molar-refractivity contribution < 1.29 is 29.0 Å². The molecule has 1 aromatic carbocycles. The molecule has 0 bridgehead atoms. The minimum atomic E-state index is -1.18. The highest BCUT2D eigenvalue weighted by Crippen LogP contribution is 2.52. The third-order valence-electron chi connectivity index (χ3n) is 6.58. The van der Waals surface area contributed by atoms with E-state index in [1.54, 1.807) is 44.2 Å². The number of benzene rings is 1. The fraction of sp³-hybridized carbons (Fsp3) is 0.565. The molecular weight excluding hydrogens is 400 g/mol. The van der Waals surface area contributed by atoms with E-state index in [1.807, 2.05) is 0 Å². The van der Waals surface area contributed by atoms with Crippen LogP contribution >= 0.6 is 0 Å². The second kappa shape index (κ2) is 9.28. The summed E-state index contributed by atoms with van der Waals surface area (Å²) >= 11 is 0. The summed E-state index contributed by atoms with van der Waals surface area (Å²) in [5.74, 6) is -2.63. The van der Waals surface area contributed by atoms with Crippen molar-refractivity contribution in [1.29, 1.82) is 0 Å². The van der Waals surface area contributed by atoms with Gasteiger partial charge < -0.3 is 15.6 Å². The number of carboxylic acid groups (broad SMARTS) is 1. The lowest BCUT2D eigenvalue weighted by Gasteiger charge is -2.43. The van der Waals surface area contributed by atoms with Gasteiger partial charge in [0.15, 0.2) is 11.6 Å². The van der Waals surface area contributed by atoms with Crippen LogP contribution in [0.4, 0.5) is 0 Å². The van der Waals surface area contributed by atoms with Gasteiger partial charge in [-0.15, -0.1) is 0 Å². The number of ether oxygens (including phenoxy) is 1. The lowest BCUT2D eigenvalue weighted by atomic mass is 9.80. The fourth-order valence-electron chi connectivity index (χ4n) is 5.39. The standard InChI is InChI=1S/C23H30N2O6/c1-3-31-22(30)18(13-19(26)15-8-5-4-6-9-15)25-17(21(28)29)12-16-10-7-11-23(16,25)20(27)14(2)24/h4-6,8-9,14,16-18H,3,7,10-13,24H2,1-2H3,(H,28,29)/t14?,16-,17+,18-,23-/m0/s1. The number of carbonyl (C=O) groups excluding carboxylic acids is 3. The van der Waals surface area contributed by atoms with Crippen molar-refractivity contribution in [1.82, 2.24) is 4.90 Å². The molecule has 0 aromatic heterocycles. The van der Waals surface area contributed by atoms with Gasteiger partial charge in [-0.25, -0.2) is 0 Å². The molecule has 2 fully saturated rings. The van der Waals surface area contributed by atoms with Crippen molar-refractivity contribution in [3.05, 3.63) is 35.9 Å². The van der Waals surface area contributed by atoms with Crippen molar-refractivity contribution in [3.63, 3.8) is 0 Å². The van der Waals surface area contributed by atoms with E-state index >= 15 is 0 Å². The summed E-state index contributed by atoms with van der Waals surface area (Å²) < 4.78 is 5.25. The number of hydrogen-bond donors (Lipinski definition) is 2. The number of likely N-dealkylation sites (tertiary alicyclic amines) is 1. The summed E-state index contributed by atoms with van der Waals surface area (Å²) in [5.41, 5.74) is 5.21. The lowest BCUT2D eigenvalue weighted by molar-refractivity contribution is -0.159. The van der Waals surface area contributed by atoms with Gasteiger partial charge in [0.1, 0.15) is 12.1 Å². The van der Waals surface area contributed by atoms with Crippen LogP contribution in [-0.2, 0) is 19.1 Å². The molecule has 8 heteroatoms. The normalized spacial score (nSPS) is 27.3. The van der Waals surface area contributed by atoms with E-state index in [2.05, 4.69) is 0 Å². The number of Topliss-reactive ketones (excluding diaryl/α,β-unsaturated/α-hetero) is 2. The van der Waals surface area contributed by atoms with Crippen LogP contribution in [0.1, 0.15) is 56.3 Å². The number of esters is 1. The predicted octanol–water partition coefficient (Wildman–Crippen LogP) is 1.81. The quantitative estimate of drug-likeness (QED) is 0.449. The predicted molar refractivity (Wildman–Crippen MR) is 112 cm³/mol. The Hall–Kier alpha value is -2.58. The minimum absolute atomic E-state index is 0.0815. The highest BCUT2D eigenvalue weighted by atomic mass is 16.5. The second-order valence-corrected chi connectivity index (χ2v) is 8.42. The topological polar surface area (TPSA) is 127 Å². The highest BCUT2D eigenvalue weighted by molar-refractivity contribution is 6.00. The number of ketones is 2. The Morgan fingerprint density at radius 2 is 1.94 bits per heavy atom. The van der Waals surface area contributed by atoms with E-state index in [-0.39, 0.29) is 36.9 Å². The highest BCUT2D eigenvalue weighted by Gasteiger charge is 2.64. The Kier molecular flexibility index (Phi) is 6.91. The summed E-state index contributed by atoms with van der Waals surface area (Å²) in [4.78, 5) is 53.1. The summed E-state index contributed by atoms with van der Waals surface area (Å²) in [6, 6.07) is 5.44. The zero-order chi connectivity index (χ0) is 22.8. The van der Waals surface area contributed by atoms with Crippen LogP contribution in [0.5, 0.6) is 0 Å². The van der Waals surface area contributed by atoms with Crippen molar-refractivity contribution in [3.8, 4) is 0 Å². The third-order valence-corrected chi connectivity index (χ3v) is 6.58. The van der Waals surface area contributed by atoms with Gasteiger partial charge in [-0.3, -0.25) is 24.1 Å². The van der Waals surface area contributed by atoms with Gasteiger partial charge in [0.05, 0.1) is 18.2 Å². The van der Waals surface area contributed by atoms with E-state index in [0.717, 1.165) is 6.42 Å². The first kappa shape index (κ1) is 23.1. The molecule has 1 unspecified atom stereocenters. The molecule has 1 saturated heterocycles. The molecule has 0 amide bonds. The zero-order valence-corrected chi connectivity index (χ0v) is 18.0. The SMILES string of the molecule is CCOC(=O)[C@H](CC(=O)c1ccccc1)N1[C@@H](C(=O)O)C[C@@H]2CCC[C@@]21C(=O)C(C)N. The lowest BCUT2D eigenvalue weighted by Crippen LogP contribution is -2.64. The van der Waals surface area contributed by atoms with Crippen molar-refractivity contribution >= 4 is 23.5 Å². The summed E-state index contributed by atoms with van der Waals surface area (Å²) in [5, 5.41) is 9.96. The van der Waals surface area contributed by atoms with E-state index in [4.69, 9.17) is 10.5 Å². The van der Waals surface area contributed by atoms with Crippen LogP contribution in [0.25, 0.3) is 0 Å². The average Bonchev–Trinajstić information content (AvgIpc) is 3.29. The van der Waals surface area contributed by atoms with Crippen molar-refractivity contribution in [2.75, 3.05) is 6.61 Å². The number of carbonyl (C=O) groups is 4. The molecule has 1 aliphatic carbocycles. The molecule has 1 aromatic rings. The molecule has 5 atom stereocenters. The van der Waals surface area contributed by atoms with Gasteiger partial charge >= 0.3 is 11.9 Å². The second-order valence-electron chi connectivity index (χ2n) is 8.42. The maximum absolute atomic E-state index is 13.4. The average molecular weight is 431 g/mol. The van der Waals surface area contributed by atoms with Crippen LogP contribution in [0.2, 0.25) is 0 Å². The van der Waals surface area contributed by atoms with Crippen LogP contribution in [0.15, 0.2) is 30.3 Å². The number of fused-ring (bicyclic) bond motifs is 1. The largest absolute Gasteiger partial charge is 0.480 e. The van der Waals surface area contributed by atoms with Gasteiger partial charge in [0, 0.05) is 12.0 Å². The zero-order valence-electron chi connectivity index (χ0n) is 18.0. The number of nitrogens with zero attached hydrogens (tertiary/aromatic N) is 1. The first-order chi connectivity index (χ1) is 14.7. The molecule has 31 heavy (non-hydrogen) atoms. The number of rotatable bonds is 9. The number of hydrogen-bond acceptors (Lipinski definition) is 7. The van der Waals surface area contributed by atoms with Gasteiger partial charge in [-0.2, -0.15) is 0 Å². The van der Waals surface area contributed by atoms with Gasteiger partial charge in [-0.1, -0.05) is 36.8 Å². The summed E-state index contributed by atoms with van der Waals surface area (Å²) in [7, 11) is 0. The van der Waals surface area contributed by atoms with Crippen LogP contribution in [-0.4, -0.2) is 63.8 Å².